The van der Waals surface area contributed by atoms with Crippen LogP contribution in [0.4, 0.5) is 84.2 Å². The number of halogens is 17. The zero-order chi connectivity index (χ0) is 104. The summed E-state index contributed by atoms with van der Waals surface area (Å²) in [6.07, 6.45) is 26.3. The summed E-state index contributed by atoms with van der Waals surface area (Å²) in [6.45, 7) is 39.2. The van der Waals surface area contributed by atoms with E-state index in [9.17, 15) is 63.9 Å². The minimum Gasteiger partial charge on any atom is -0.394 e. The first kappa shape index (κ1) is 104. The molecule has 3 fully saturated rings. The van der Waals surface area contributed by atoms with Crippen LogP contribution in [0.1, 0.15) is 151 Å². The molecule has 15 rings (SSSR count). The maximum absolute atomic E-state index is 15.4. The van der Waals surface area contributed by atoms with Crippen molar-refractivity contribution >= 4 is 108 Å². The van der Waals surface area contributed by atoms with Crippen molar-refractivity contribution in [3.8, 4) is 87.9 Å². The summed E-state index contributed by atoms with van der Waals surface area (Å²) in [5.74, 6) is -23.4. The Labute approximate surface area is 814 Å². The van der Waals surface area contributed by atoms with Crippen molar-refractivity contribution in [1.29, 1.82) is 0 Å². The molecule has 22 nitrogen and oxygen atoms in total. The number of terminal acetylenes is 3. The lowest BCUT2D eigenvalue weighted by Crippen LogP contribution is -2.58. The molecule has 0 unspecified atom stereocenters. The van der Waals surface area contributed by atoms with Gasteiger partial charge in [-0.1, -0.05) is 114 Å². The van der Waals surface area contributed by atoms with Crippen LogP contribution in [-0.4, -0.2) is 152 Å². The van der Waals surface area contributed by atoms with Gasteiger partial charge in [0.1, 0.15) is 39.3 Å². The second kappa shape index (κ2) is 40.4. The summed E-state index contributed by atoms with van der Waals surface area (Å²) in [7, 11) is 0. The number of carbonyl (C=O) groups excluding carboxylic acids is 3. The van der Waals surface area contributed by atoms with Crippen molar-refractivity contribution in [3.05, 3.63) is 271 Å². The first-order valence-corrected chi connectivity index (χ1v) is 45.0. The predicted octanol–water partition coefficient (Wildman–Crippen LogP) is 19.9. The molecule has 39 heteroatoms. The van der Waals surface area contributed by atoms with E-state index in [2.05, 4.69) is 67.4 Å². The molecule has 3 aliphatic rings. The minimum absolute atomic E-state index is 0.0570. The Morgan fingerprint density at radius 2 is 0.589 bits per heavy atom. The highest BCUT2D eigenvalue weighted by atomic mass is 35.5. The number of pyridine rings is 9. The Morgan fingerprint density at radius 3 is 0.801 bits per heavy atom. The number of nitrogens with zero attached hydrogens (tertiary/aromatic N) is 15. The number of benzene rings is 3. The average Bonchev–Trinajstić information content (AvgIpc) is 0.726. The van der Waals surface area contributed by atoms with Gasteiger partial charge in [0, 0.05) is 110 Å². The number of piperazine rings is 3. The molecule has 0 aliphatic carbocycles. The quantitative estimate of drug-likeness (QED) is 0.0251. The molecular weight excluding hydrogens is 1920 g/mol. The van der Waals surface area contributed by atoms with Gasteiger partial charge >= 0.3 is 0 Å². The van der Waals surface area contributed by atoms with Gasteiger partial charge in [-0.15, -0.1) is 19.3 Å². The number of amides is 3. The fraction of sp³-hybridized carbons (Fsp3) is 0.294. The van der Waals surface area contributed by atoms with Gasteiger partial charge in [-0.05, 0) is 151 Å². The Hall–Kier alpha value is -14.4. The molecule has 9 aromatic heterocycles. The van der Waals surface area contributed by atoms with Crippen LogP contribution in [0.5, 0.6) is 0 Å². The number of aromatic nitrogens is 9. The summed E-state index contributed by atoms with van der Waals surface area (Å²) in [6, 6.07) is 6.54. The van der Waals surface area contributed by atoms with Gasteiger partial charge in [0.05, 0.1) is 100 Å². The van der Waals surface area contributed by atoms with E-state index in [-0.39, 0.29) is 194 Å². The SMILES string of the molecule is C#Cc1c(N2C[C@@H](C)N(C(=O)C=C)[C@@H](C)C2)c2cc(Cl)c(-c3c(F)c(F)c(F)c(F)c3F)nc2n(-c2c(C)ccnc2C(C)C)c1=O.C#Cc1c(N2C[C@@H](C)N(C(=O)C=C)[C@@H](C)C2)c2cc(Cl)c(-c3c(F)c(F)c(F)c(F)c3F)nc2n(-c2c(C)ccnc2C(C)C)c1=O.C#Cc1c(N2C[C@@H](C)N(C(=O)C=C)[C@@H](C)C2)c2cc(Cl)c(-c3c(F)c(N)c(F)c(F)c3F)nc2n(-c2c(C)ccnc2C(C)C)c1=O. The second-order valence-corrected chi connectivity index (χ2v) is 36.5. The summed E-state index contributed by atoms with van der Waals surface area (Å²) in [5, 5.41) is -0.744. The summed E-state index contributed by atoms with van der Waals surface area (Å²) in [5.41, 5.74) is -0.111. The van der Waals surface area contributed by atoms with Gasteiger partial charge in [-0.25, -0.2) is 76.4 Å². The summed E-state index contributed by atoms with van der Waals surface area (Å²) in [4.78, 5) is 118. The van der Waals surface area contributed by atoms with Gasteiger partial charge in [0.25, 0.3) is 16.7 Å². The highest BCUT2D eigenvalue weighted by molar-refractivity contribution is 6.35. The molecule has 0 spiro atoms. The third kappa shape index (κ3) is 17.9. The molecule has 3 aliphatic heterocycles. The van der Waals surface area contributed by atoms with E-state index < -0.39 is 148 Å². The number of aryl methyl sites for hydroxylation is 3. The number of carbonyl (C=O) groups is 3. The smallest absolute Gasteiger partial charge is 0.274 e. The largest absolute Gasteiger partial charge is 0.394 e. The topological polar surface area (TPSA) is 240 Å². The highest BCUT2D eigenvalue weighted by Crippen LogP contribution is 2.47. The van der Waals surface area contributed by atoms with Crippen LogP contribution < -0.4 is 37.1 Å². The van der Waals surface area contributed by atoms with Crippen molar-refractivity contribution < 1.29 is 75.8 Å². The van der Waals surface area contributed by atoms with Crippen molar-refractivity contribution in [2.45, 2.75) is 158 Å². The third-order valence-electron chi connectivity index (χ3n) is 24.9. The Morgan fingerprint density at radius 1 is 0.376 bits per heavy atom. The van der Waals surface area contributed by atoms with E-state index >= 15 is 26.3 Å². The standard InChI is InChI=1S/2C34H29ClF5N5O2.C34H31ClF4N6O2/c2*1-8-19-32(43-13-17(6)44(18(7)14-43)22(46)9-2)20-12-21(35)30(23-24(36)26(38)28(40)27(39)25(23)37)42-33(20)45(34(19)47)31-16(5)10-11-41-29(31)15(3)4;1-8-19-32(43-13-17(6)44(18(7)14-43)22(46)9-2)20-12-21(35)30(23-24(36)26(38)27(39)28(40)25(23)37)42-33(20)45(34(19)47)31-16(5)10-11-41-29(31)15(3)4/h2*1,9-12,15,17-18H,2,13-14H2,3-7H3;1,9-12,15,17-18H,2,13-14,40H2,3-7H3/t3*17-,18+. The van der Waals surface area contributed by atoms with Gasteiger partial charge < -0.3 is 35.1 Å². The van der Waals surface area contributed by atoms with Crippen molar-refractivity contribution in [2.75, 3.05) is 59.7 Å². The molecule has 0 saturated carbocycles. The van der Waals surface area contributed by atoms with E-state index in [1.165, 1.54) is 41.0 Å². The monoisotopic (exact) mass is 2000 g/mol. The molecule has 12 heterocycles. The van der Waals surface area contributed by atoms with Crippen LogP contribution in [0.25, 0.3) is 83.9 Å². The third-order valence-corrected chi connectivity index (χ3v) is 25.7. The molecule has 732 valence electrons. The van der Waals surface area contributed by atoms with Crippen molar-refractivity contribution in [1.82, 2.24) is 58.3 Å². The molecule has 0 bridgehead atoms. The van der Waals surface area contributed by atoms with Crippen LogP contribution in [0.2, 0.25) is 15.1 Å². The first-order chi connectivity index (χ1) is 66.5. The fourth-order valence-corrected chi connectivity index (χ4v) is 19.5. The predicted molar refractivity (Wildman–Crippen MR) is 515 cm³/mol. The molecule has 2 N–H and O–H groups in total. The van der Waals surface area contributed by atoms with Crippen molar-refractivity contribution in [3.63, 3.8) is 0 Å². The van der Waals surface area contributed by atoms with Gasteiger partial charge in [-0.3, -0.25) is 57.4 Å². The molecular formula is C102H89Cl3F14N16O6. The number of nitrogens with two attached hydrogens (primary N) is 1. The van der Waals surface area contributed by atoms with Crippen molar-refractivity contribution in [2.24, 2.45) is 0 Å². The van der Waals surface area contributed by atoms with Crippen LogP contribution >= 0.6 is 34.8 Å². The number of hydrogen-bond acceptors (Lipinski definition) is 16. The Bertz CT molecular complexity index is 6850. The maximum atomic E-state index is 15.4. The van der Waals surface area contributed by atoms with Crippen LogP contribution in [0.15, 0.2) is 107 Å². The van der Waals surface area contributed by atoms with Gasteiger partial charge in [0.2, 0.25) is 29.4 Å². The fourth-order valence-electron chi connectivity index (χ4n) is 18.8. The number of fused-ring (bicyclic) bond motifs is 3. The molecule has 141 heavy (non-hydrogen) atoms. The summed E-state index contributed by atoms with van der Waals surface area (Å²) >= 11 is 19.8. The molecule has 12 aromatic rings. The molecule has 3 aromatic carbocycles. The Kier molecular flexibility index (Phi) is 29.8. The lowest BCUT2D eigenvalue weighted by Gasteiger charge is -2.45. The first-order valence-electron chi connectivity index (χ1n) is 43.9. The highest BCUT2D eigenvalue weighted by Gasteiger charge is 2.43. The molecule has 0 radical (unpaired) electrons. The van der Waals surface area contributed by atoms with Gasteiger partial charge in [0.15, 0.2) is 69.8 Å². The van der Waals surface area contributed by atoms with Crippen LogP contribution in [-0.2, 0) is 14.4 Å². The normalized spacial score (nSPS) is 16.6. The second-order valence-electron chi connectivity index (χ2n) is 35.2. The molecule has 3 saturated heterocycles. The van der Waals surface area contributed by atoms with E-state index in [1.807, 2.05) is 88.0 Å². The lowest BCUT2D eigenvalue weighted by molar-refractivity contribution is -0.131. The van der Waals surface area contributed by atoms with Crippen LogP contribution in [0.3, 0.4) is 0 Å². The van der Waals surface area contributed by atoms with E-state index in [0.717, 1.165) is 9.13 Å². The Balaban J connectivity index is 0.000000178. The molecule has 3 amide bonds. The van der Waals surface area contributed by atoms with E-state index in [4.69, 9.17) is 59.8 Å². The maximum Gasteiger partial charge on any atom is 0.274 e. The molecule has 6 atom stereocenters. The number of nitrogen functional groups attached to an aromatic ring is 1. The van der Waals surface area contributed by atoms with E-state index in [1.54, 1.807) is 82.1 Å². The summed E-state index contributed by atoms with van der Waals surface area (Å²) < 4.78 is 209. The zero-order valence-electron chi connectivity index (χ0n) is 78.4. The minimum atomic E-state index is -2.34. The number of hydrogen-bond donors (Lipinski definition) is 1. The lowest BCUT2D eigenvalue weighted by atomic mass is 10.0. The number of rotatable bonds is 15. The number of anilines is 4. The van der Waals surface area contributed by atoms with E-state index in [0.29, 0.717) is 39.5 Å². The zero-order valence-corrected chi connectivity index (χ0v) is 80.6. The van der Waals surface area contributed by atoms with Gasteiger partial charge in [-0.2, -0.15) is 0 Å². The average molecular weight is 2010 g/mol. The van der Waals surface area contributed by atoms with Crippen LogP contribution in [0, 0.1) is 139 Å².